The molecule has 3 fully saturated rings. The molecule has 1 atom stereocenters. The van der Waals surface area contributed by atoms with E-state index in [4.69, 9.17) is 13.9 Å². The quantitative estimate of drug-likeness (QED) is 0.789. The molecule has 2 heterocycles. The predicted octanol–water partition coefficient (Wildman–Crippen LogP) is 3.43. The number of hydrogen-bond acceptors (Lipinski definition) is 4. The normalized spacial score (nSPS) is 31.2. The summed E-state index contributed by atoms with van der Waals surface area (Å²) < 4.78 is 18.3. The number of rotatable bonds is 2. The Morgan fingerprint density at radius 1 is 1.05 bits per heavy atom. The van der Waals surface area contributed by atoms with Crippen molar-refractivity contribution in [2.45, 2.75) is 88.4 Å². The van der Waals surface area contributed by atoms with Gasteiger partial charge < -0.3 is 19.2 Å². The third-order valence-corrected chi connectivity index (χ3v) is 10.9. The van der Waals surface area contributed by atoms with Crippen LogP contribution < -0.4 is 5.32 Å². The number of ether oxygens (including phenoxy) is 2. The van der Waals surface area contributed by atoms with Gasteiger partial charge in [0.2, 0.25) is 0 Å². The molecule has 1 aliphatic carbocycles. The molecule has 0 radical (unpaired) electrons. The second-order valence-corrected chi connectivity index (χ2v) is 13.7. The molecule has 1 N–H and O–H groups in total. The van der Waals surface area contributed by atoms with Gasteiger partial charge in [0.05, 0.1) is 19.3 Å². The summed E-state index contributed by atoms with van der Waals surface area (Å²) in [6.45, 7) is 14.2. The van der Waals surface area contributed by atoms with Crippen LogP contribution in [0, 0.1) is 0 Å². The largest absolute Gasteiger partial charge is 0.413 e. The molecule has 0 bridgehead atoms. The maximum absolute atomic E-state index is 6.62. The van der Waals surface area contributed by atoms with Crippen molar-refractivity contribution in [3.63, 3.8) is 0 Å². The molecule has 0 aromatic carbocycles. The van der Waals surface area contributed by atoms with Gasteiger partial charge in [0, 0.05) is 24.9 Å². The average Bonchev–Trinajstić information content (AvgIpc) is 3.01. The van der Waals surface area contributed by atoms with Gasteiger partial charge in [0.15, 0.2) is 14.1 Å². The van der Waals surface area contributed by atoms with Crippen molar-refractivity contribution in [2.24, 2.45) is 0 Å². The van der Waals surface area contributed by atoms with E-state index in [-0.39, 0.29) is 16.4 Å². The highest BCUT2D eigenvalue weighted by molar-refractivity contribution is 6.74. The maximum Gasteiger partial charge on any atom is 0.192 e. The van der Waals surface area contributed by atoms with Gasteiger partial charge in [0.1, 0.15) is 0 Å². The van der Waals surface area contributed by atoms with Crippen LogP contribution in [-0.4, -0.2) is 45.5 Å². The molecule has 1 saturated carbocycles. The lowest BCUT2D eigenvalue weighted by molar-refractivity contribution is -0.185. The first-order valence-electron chi connectivity index (χ1n) is 8.86. The number of nitrogens with one attached hydrogen (secondary N) is 1. The molecule has 1 unspecified atom stereocenters. The highest BCUT2D eigenvalue weighted by atomic mass is 28.4. The van der Waals surface area contributed by atoms with Crippen LogP contribution in [0.1, 0.15) is 52.9 Å². The van der Waals surface area contributed by atoms with E-state index < -0.39 is 8.32 Å². The zero-order valence-electron chi connectivity index (χ0n) is 15.0. The van der Waals surface area contributed by atoms with E-state index in [1.807, 2.05) is 0 Å². The van der Waals surface area contributed by atoms with Crippen molar-refractivity contribution in [3.8, 4) is 0 Å². The molecule has 3 aliphatic rings. The lowest BCUT2D eigenvalue weighted by Crippen LogP contribution is -2.48. The van der Waals surface area contributed by atoms with E-state index >= 15 is 0 Å². The highest BCUT2D eigenvalue weighted by Gasteiger charge is 2.50. The van der Waals surface area contributed by atoms with Gasteiger partial charge in [-0.1, -0.05) is 20.8 Å². The minimum Gasteiger partial charge on any atom is -0.413 e. The molecule has 2 saturated heterocycles. The second-order valence-electron chi connectivity index (χ2n) is 8.97. The molecule has 3 rings (SSSR count). The van der Waals surface area contributed by atoms with Crippen LogP contribution in [0.2, 0.25) is 18.1 Å². The minimum absolute atomic E-state index is 0.258. The van der Waals surface area contributed by atoms with E-state index in [9.17, 15) is 0 Å². The van der Waals surface area contributed by atoms with E-state index in [0.717, 1.165) is 51.9 Å². The zero-order chi connectivity index (χ0) is 16.1. The highest BCUT2D eigenvalue weighted by Crippen LogP contribution is 2.45. The van der Waals surface area contributed by atoms with Crippen molar-refractivity contribution in [1.29, 1.82) is 0 Å². The first kappa shape index (κ1) is 16.9. The summed E-state index contributed by atoms with van der Waals surface area (Å²) in [7, 11) is -1.67. The Kier molecular flexibility index (Phi) is 4.27. The van der Waals surface area contributed by atoms with E-state index in [0.29, 0.717) is 6.10 Å². The van der Waals surface area contributed by atoms with Gasteiger partial charge >= 0.3 is 0 Å². The Morgan fingerprint density at radius 2 is 1.64 bits per heavy atom. The standard InChI is InChI=1S/C17H33NO3Si/c1-15(2,3)22(4,5)21-14-12-16(18-13-14)6-8-17(9-7-16)19-10-11-20-17/h14,18H,6-13H2,1-5H3. The fourth-order valence-corrected chi connectivity index (χ4v) is 5.22. The summed E-state index contributed by atoms with van der Waals surface area (Å²) >= 11 is 0. The Labute approximate surface area is 136 Å². The van der Waals surface area contributed by atoms with E-state index in [2.05, 4.69) is 39.2 Å². The van der Waals surface area contributed by atoms with Crippen molar-refractivity contribution in [2.75, 3.05) is 19.8 Å². The Hall–Kier alpha value is 0.0569. The fourth-order valence-electron chi connectivity index (χ4n) is 3.86. The topological polar surface area (TPSA) is 39.7 Å². The predicted molar refractivity (Wildman–Crippen MR) is 90.5 cm³/mol. The van der Waals surface area contributed by atoms with Crippen LogP contribution in [-0.2, 0) is 13.9 Å². The monoisotopic (exact) mass is 327 g/mol. The fraction of sp³-hybridized carbons (Fsp3) is 1.00. The van der Waals surface area contributed by atoms with Gasteiger partial charge in [-0.2, -0.15) is 0 Å². The van der Waals surface area contributed by atoms with Crippen LogP contribution in [0.4, 0.5) is 0 Å². The average molecular weight is 328 g/mol. The van der Waals surface area contributed by atoms with Crippen LogP contribution in [0.25, 0.3) is 0 Å². The Morgan fingerprint density at radius 3 is 2.18 bits per heavy atom. The summed E-state index contributed by atoms with van der Waals surface area (Å²) in [4.78, 5) is 0. The molecule has 4 nitrogen and oxygen atoms in total. The van der Waals surface area contributed by atoms with E-state index in [1.54, 1.807) is 0 Å². The van der Waals surface area contributed by atoms with E-state index in [1.165, 1.54) is 0 Å². The van der Waals surface area contributed by atoms with Crippen molar-refractivity contribution >= 4 is 8.32 Å². The third-order valence-electron chi connectivity index (χ3n) is 6.37. The smallest absolute Gasteiger partial charge is 0.192 e. The van der Waals surface area contributed by atoms with Crippen molar-refractivity contribution < 1.29 is 13.9 Å². The first-order valence-corrected chi connectivity index (χ1v) is 11.8. The van der Waals surface area contributed by atoms with Gasteiger partial charge in [-0.05, 0) is 37.4 Å². The first-order chi connectivity index (χ1) is 10.2. The summed E-state index contributed by atoms with van der Waals surface area (Å²) in [5.74, 6) is -0.259. The van der Waals surface area contributed by atoms with Crippen LogP contribution in [0.3, 0.4) is 0 Å². The molecule has 5 heteroatoms. The van der Waals surface area contributed by atoms with Crippen molar-refractivity contribution in [3.05, 3.63) is 0 Å². The lowest BCUT2D eigenvalue weighted by Gasteiger charge is -2.42. The summed E-state index contributed by atoms with van der Waals surface area (Å²) in [5.41, 5.74) is 0.258. The summed E-state index contributed by atoms with van der Waals surface area (Å²) in [6, 6.07) is 0. The molecule has 0 amide bonds. The van der Waals surface area contributed by atoms with Crippen LogP contribution in [0.5, 0.6) is 0 Å². The zero-order valence-corrected chi connectivity index (χ0v) is 16.0. The molecular weight excluding hydrogens is 294 g/mol. The van der Waals surface area contributed by atoms with Gasteiger partial charge in [0.25, 0.3) is 0 Å². The maximum atomic E-state index is 6.62. The second kappa shape index (κ2) is 5.55. The van der Waals surface area contributed by atoms with Crippen LogP contribution >= 0.6 is 0 Å². The third kappa shape index (κ3) is 3.15. The Bertz CT molecular complexity index is 403. The van der Waals surface area contributed by atoms with Gasteiger partial charge in [-0.15, -0.1) is 0 Å². The molecule has 22 heavy (non-hydrogen) atoms. The summed E-state index contributed by atoms with van der Waals surface area (Å²) in [5, 5.41) is 4.07. The molecule has 128 valence electrons. The molecule has 0 aromatic rings. The lowest BCUT2D eigenvalue weighted by atomic mass is 9.77. The Balaban J connectivity index is 1.57. The number of hydrogen-bond donors (Lipinski definition) is 1. The SMILES string of the molecule is CC(C)(C)[Si](C)(C)OC1CNC2(CCC3(CC2)OCCO3)C1. The van der Waals surface area contributed by atoms with Crippen LogP contribution in [0.15, 0.2) is 0 Å². The van der Waals surface area contributed by atoms with Crippen molar-refractivity contribution in [1.82, 2.24) is 5.32 Å². The molecule has 0 aromatic heterocycles. The molecule has 2 spiro atoms. The molecular formula is C17H33NO3Si. The molecule has 2 aliphatic heterocycles. The van der Waals surface area contributed by atoms with Gasteiger partial charge in [-0.3, -0.25) is 0 Å². The summed E-state index contributed by atoms with van der Waals surface area (Å²) in [6.07, 6.45) is 5.85. The minimum atomic E-state index is -1.67. The van der Waals surface area contributed by atoms with Gasteiger partial charge in [-0.25, -0.2) is 0 Å².